The first kappa shape index (κ1) is 13.9. The molecule has 1 heterocycles. The number of ether oxygens (including phenoxy) is 1. The summed E-state index contributed by atoms with van der Waals surface area (Å²) in [6.45, 7) is 1.41. The van der Waals surface area contributed by atoms with Crippen LogP contribution in [0.1, 0.15) is 31.2 Å². The minimum Gasteiger partial charge on any atom is -0.450 e. The Morgan fingerprint density at radius 3 is 2.74 bits per heavy atom. The Hall–Kier alpha value is -1.55. The van der Waals surface area contributed by atoms with E-state index in [1.54, 1.807) is 0 Å². The Kier molecular flexibility index (Phi) is 5.21. The highest BCUT2D eigenvalue weighted by molar-refractivity contribution is 5.56. The molecule has 19 heavy (non-hydrogen) atoms. The van der Waals surface area contributed by atoms with E-state index in [9.17, 15) is 4.79 Å². The van der Waals surface area contributed by atoms with Gasteiger partial charge in [-0.2, -0.15) is 0 Å². The third-order valence-corrected chi connectivity index (χ3v) is 3.79. The van der Waals surface area contributed by atoms with Gasteiger partial charge in [0.05, 0.1) is 0 Å². The lowest BCUT2D eigenvalue weighted by atomic mass is 10.1. The van der Waals surface area contributed by atoms with Crippen molar-refractivity contribution in [1.29, 1.82) is 0 Å². The van der Waals surface area contributed by atoms with Crippen molar-refractivity contribution < 1.29 is 14.6 Å². The Bertz CT molecular complexity index is 374. The van der Waals surface area contributed by atoms with Crippen molar-refractivity contribution in [2.75, 3.05) is 6.54 Å². The zero-order chi connectivity index (χ0) is 13.5. The fourth-order valence-electron chi connectivity index (χ4n) is 2.82. The van der Waals surface area contributed by atoms with Gasteiger partial charge in [0.15, 0.2) is 0 Å². The Morgan fingerprint density at radius 2 is 2.05 bits per heavy atom. The summed E-state index contributed by atoms with van der Waals surface area (Å²) in [5.74, 6) is 1.06. The van der Waals surface area contributed by atoms with Gasteiger partial charge in [0.2, 0.25) is 0 Å². The Labute approximate surface area is 113 Å². The molecule has 2 aliphatic rings. The second-order valence-corrected chi connectivity index (χ2v) is 5.08. The van der Waals surface area contributed by atoms with Crippen LogP contribution in [0, 0.1) is 5.92 Å². The van der Waals surface area contributed by atoms with Crippen LogP contribution in [-0.4, -0.2) is 23.8 Å². The lowest BCUT2D eigenvalue weighted by molar-refractivity contribution is 0.0854. The maximum atomic E-state index is 9.95. The van der Waals surface area contributed by atoms with Crippen LogP contribution in [-0.2, 0) is 11.3 Å². The van der Waals surface area contributed by atoms with E-state index >= 15 is 0 Å². The topological polar surface area (TPSA) is 58.6 Å². The predicted molar refractivity (Wildman–Crippen MR) is 73.0 cm³/mol. The van der Waals surface area contributed by atoms with Gasteiger partial charge in [-0.25, -0.2) is 4.79 Å². The number of nitrogens with one attached hydrogen (secondary N) is 1. The molecule has 1 aliphatic heterocycles. The molecule has 0 amide bonds. The number of fused-ring (bicyclic) bond motifs is 1. The second-order valence-electron chi connectivity index (χ2n) is 5.08. The van der Waals surface area contributed by atoms with Crippen molar-refractivity contribution in [3.63, 3.8) is 0 Å². The highest BCUT2D eigenvalue weighted by Crippen LogP contribution is 2.31. The molecule has 2 N–H and O–H groups in total. The normalized spacial score (nSPS) is 24.2. The number of carbonyl (C=O) groups is 1. The maximum absolute atomic E-state index is 9.95. The summed E-state index contributed by atoms with van der Waals surface area (Å²) in [5, 5.41) is 11.7. The molecule has 0 spiro atoms. The number of carboxylic acid groups (broad SMARTS) is 1. The fourth-order valence-corrected chi connectivity index (χ4v) is 2.82. The summed E-state index contributed by atoms with van der Waals surface area (Å²) in [5.41, 5.74) is 0.856. The van der Waals surface area contributed by atoms with E-state index in [0.717, 1.165) is 17.5 Å². The average Bonchev–Trinajstić information content (AvgIpc) is 3.01. The van der Waals surface area contributed by atoms with Crippen LogP contribution in [0.4, 0.5) is 4.79 Å². The molecule has 0 unspecified atom stereocenters. The Balaban J connectivity index is 0.000000146. The van der Waals surface area contributed by atoms with Gasteiger partial charge in [-0.05, 0) is 37.3 Å². The van der Waals surface area contributed by atoms with E-state index in [1.165, 1.54) is 32.2 Å². The molecule has 0 radical (unpaired) electrons. The zero-order valence-electron chi connectivity index (χ0n) is 11.0. The van der Waals surface area contributed by atoms with E-state index in [4.69, 9.17) is 5.11 Å². The van der Waals surface area contributed by atoms with E-state index in [1.807, 2.05) is 30.3 Å². The summed E-state index contributed by atoms with van der Waals surface area (Å²) in [6, 6.07) is 10.1. The standard InChI is InChI=1S/C8H8O3.C7H13N/c9-8(10)11-6-7-4-2-1-3-5-7;1-2-6-4-5-8-7(6)3-1/h1-5H,6H2,(H,9,10);6-8H,1-5H2/t;6-,7-/m.0/s1. The molecule has 0 bridgehead atoms. The van der Waals surface area contributed by atoms with Crippen molar-refractivity contribution in [1.82, 2.24) is 5.32 Å². The number of rotatable bonds is 2. The van der Waals surface area contributed by atoms with Crippen molar-refractivity contribution >= 4 is 6.16 Å². The van der Waals surface area contributed by atoms with Gasteiger partial charge in [0.25, 0.3) is 0 Å². The van der Waals surface area contributed by atoms with Crippen molar-refractivity contribution in [3.8, 4) is 0 Å². The average molecular weight is 263 g/mol. The zero-order valence-corrected chi connectivity index (χ0v) is 11.0. The van der Waals surface area contributed by atoms with Gasteiger partial charge in [0.1, 0.15) is 6.61 Å². The first-order chi connectivity index (χ1) is 9.25. The van der Waals surface area contributed by atoms with Crippen LogP contribution < -0.4 is 5.32 Å². The summed E-state index contributed by atoms with van der Waals surface area (Å²) in [4.78, 5) is 9.95. The second kappa shape index (κ2) is 7.14. The first-order valence-electron chi connectivity index (χ1n) is 6.89. The van der Waals surface area contributed by atoms with E-state index in [0.29, 0.717) is 0 Å². The maximum Gasteiger partial charge on any atom is 0.506 e. The number of hydrogen-bond donors (Lipinski definition) is 2. The van der Waals surface area contributed by atoms with E-state index in [2.05, 4.69) is 10.1 Å². The molecule has 1 aliphatic carbocycles. The van der Waals surface area contributed by atoms with E-state index in [-0.39, 0.29) is 6.61 Å². The van der Waals surface area contributed by atoms with Crippen LogP contribution in [0.15, 0.2) is 30.3 Å². The van der Waals surface area contributed by atoms with Crippen LogP contribution in [0.25, 0.3) is 0 Å². The summed E-state index contributed by atoms with van der Waals surface area (Å²) in [6.07, 6.45) is 4.63. The summed E-state index contributed by atoms with van der Waals surface area (Å²) >= 11 is 0. The highest BCUT2D eigenvalue weighted by Gasteiger charge is 2.30. The van der Waals surface area contributed by atoms with Crippen molar-refractivity contribution in [3.05, 3.63) is 35.9 Å². The van der Waals surface area contributed by atoms with Crippen LogP contribution in [0.5, 0.6) is 0 Å². The summed E-state index contributed by atoms with van der Waals surface area (Å²) < 4.78 is 4.34. The van der Waals surface area contributed by atoms with Gasteiger partial charge >= 0.3 is 6.16 Å². The molecule has 104 valence electrons. The lowest BCUT2D eigenvalue weighted by Crippen LogP contribution is -2.21. The van der Waals surface area contributed by atoms with E-state index < -0.39 is 6.16 Å². The summed E-state index contributed by atoms with van der Waals surface area (Å²) in [7, 11) is 0. The van der Waals surface area contributed by atoms with Crippen LogP contribution in [0.3, 0.4) is 0 Å². The molecule has 2 atom stereocenters. The molecule has 3 rings (SSSR count). The Morgan fingerprint density at radius 1 is 1.26 bits per heavy atom. The molecule has 1 saturated carbocycles. The third kappa shape index (κ3) is 4.56. The van der Waals surface area contributed by atoms with Gasteiger partial charge < -0.3 is 15.2 Å². The quantitative estimate of drug-likeness (QED) is 0.805. The number of hydrogen-bond acceptors (Lipinski definition) is 3. The third-order valence-electron chi connectivity index (χ3n) is 3.79. The molecular formula is C15H21NO3. The van der Waals surface area contributed by atoms with Gasteiger partial charge in [-0.3, -0.25) is 0 Å². The smallest absolute Gasteiger partial charge is 0.450 e. The highest BCUT2D eigenvalue weighted by atomic mass is 16.7. The monoisotopic (exact) mass is 263 g/mol. The molecule has 1 saturated heterocycles. The van der Waals surface area contributed by atoms with Crippen LogP contribution >= 0.6 is 0 Å². The molecule has 1 aromatic carbocycles. The minimum atomic E-state index is -1.24. The molecular weight excluding hydrogens is 242 g/mol. The van der Waals surface area contributed by atoms with Crippen LogP contribution in [0.2, 0.25) is 0 Å². The largest absolute Gasteiger partial charge is 0.506 e. The fraction of sp³-hybridized carbons (Fsp3) is 0.533. The van der Waals surface area contributed by atoms with Crippen molar-refractivity contribution in [2.24, 2.45) is 5.92 Å². The number of benzene rings is 1. The molecule has 0 aromatic heterocycles. The minimum absolute atomic E-state index is 0.121. The van der Waals surface area contributed by atoms with Gasteiger partial charge in [0, 0.05) is 6.04 Å². The van der Waals surface area contributed by atoms with Gasteiger partial charge in [-0.1, -0.05) is 36.8 Å². The predicted octanol–water partition coefficient (Wildman–Crippen LogP) is 3.03. The van der Waals surface area contributed by atoms with Gasteiger partial charge in [-0.15, -0.1) is 0 Å². The molecule has 1 aromatic rings. The molecule has 4 heteroatoms. The van der Waals surface area contributed by atoms with Crippen molar-refractivity contribution in [2.45, 2.75) is 38.3 Å². The molecule has 4 nitrogen and oxygen atoms in total. The molecule has 2 fully saturated rings. The lowest BCUT2D eigenvalue weighted by Gasteiger charge is -2.05. The first-order valence-corrected chi connectivity index (χ1v) is 6.89. The SMILES string of the molecule is C1C[C@H]2CCN[C@H]2C1.O=C(O)OCc1ccccc1.